The van der Waals surface area contributed by atoms with Gasteiger partial charge in [-0.1, -0.05) is 0 Å². The molecule has 3 heterocycles. The maximum atomic E-state index is 12.1. The summed E-state index contributed by atoms with van der Waals surface area (Å²) >= 11 is 1.42. The van der Waals surface area contributed by atoms with Gasteiger partial charge in [0, 0.05) is 49.7 Å². The number of aliphatic hydroxyl groups is 1. The number of hydrogen-bond acceptors (Lipinski definition) is 6. The Kier molecular flexibility index (Phi) is 4.00. The fourth-order valence-electron chi connectivity index (χ4n) is 2.28. The SMILES string of the molecule is Cn1cc(-c2nc(C(=O)NCC3CNCC3O)cs2)cn1. The number of aromatic nitrogens is 3. The van der Waals surface area contributed by atoms with Gasteiger partial charge in [0.05, 0.1) is 12.3 Å². The van der Waals surface area contributed by atoms with Crippen LogP contribution in [-0.2, 0) is 7.05 Å². The number of aryl methyl sites for hydroxylation is 1. The van der Waals surface area contributed by atoms with Crippen LogP contribution in [0.25, 0.3) is 10.6 Å². The molecule has 3 rings (SSSR count). The van der Waals surface area contributed by atoms with Crippen molar-refractivity contribution in [1.29, 1.82) is 0 Å². The summed E-state index contributed by atoms with van der Waals surface area (Å²) in [7, 11) is 1.84. The van der Waals surface area contributed by atoms with Gasteiger partial charge in [-0.3, -0.25) is 9.48 Å². The molecule has 1 aliphatic rings. The van der Waals surface area contributed by atoms with E-state index in [0.29, 0.717) is 18.8 Å². The molecule has 2 atom stereocenters. The molecule has 7 nitrogen and oxygen atoms in total. The van der Waals surface area contributed by atoms with Crippen molar-refractivity contribution >= 4 is 17.2 Å². The summed E-state index contributed by atoms with van der Waals surface area (Å²) in [6.07, 6.45) is 3.19. The first-order chi connectivity index (χ1) is 10.1. The summed E-state index contributed by atoms with van der Waals surface area (Å²) in [6.45, 7) is 1.76. The Labute approximate surface area is 126 Å². The fraction of sp³-hybridized carbons (Fsp3) is 0.462. The van der Waals surface area contributed by atoms with Crippen LogP contribution in [0.4, 0.5) is 0 Å². The van der Waals surface area contributed by atoms with Crippen LogP contribution in [0.2, 0.25) is 0 Å². The summed E-state index contributed by atoms with van der Waals surface area (Å²) in [5, 5.41) is 22.2. The maximum absolute atomic E-state index is 12.1. The highest BCUT2D eigenvalue weighted by atomic mass is 32.1. The highest BCUT2D eigenvalue weighted by molar-refractivity contribution is 7.13. The smallest absolute Gasteiger partial charge is 0.270 e. The van der Waals surface area contributed by atoms with Gasteiger partial charge in [0.2, 0.25) is 0 Å². The molecule has 1 amide bonds. The van der Waals surface area contributed by atoms with E-state index in [1.807, 2.05) is 13.2 Å². The first-order valence-corrected chi connectivity index (χ1v) is 7.63. The van der Waals surface area contributed by atoms with Gasteiger partial charge in [-0.05, 0) is 0 Å². The zero-order valence-electron chi connectivity index (χ0n) is 11.6. The van der Waals surface area contributed by atoms with E-state index in [0.717, 1.165) is 17.1 Å². The van der Waals surface area contributed by atoms with Crippen LogP contribution in [0.15, 0.2) is 17.8 Å². The normalized spacial score (nSPS) is 21.6. The van der Waals surface area contributed by atoms with Crippen LogP contribution in [0, 0.1) is 5.92 Å². The second-order valence-electron chi connectivity index (χ2n) is 5.14. The molecule has 0 saturated carbocycles. The van der Waals surface area contributed by atoms with Crippen molar-refractivity contribution in [3.05, 3.63) is 23.5 Å². The number of carbonyl (C=O) groups is 1. The quantitative estimate of drug-likeness (QED) is 0.731. The standard InChI is InChI=1S/C13H17N5O2S/c1-18-6-9(4-16-18)13-17-10(7-21-13)12(20)15-3-8-2-14-5-11(8)19/h4,6-8,11,14,19H,2-3,5H2,1H3,(H,15,20). The minimum absolute atomic E-state index is 0.0605. The minimum atomic E-state index is -0.397. The number of amides is 1. The first kappa shape index (κ1) is 14.2. The van der Waals surface area contributed by atoms with Gasteiger partial charge in [-0.2, -0.15) is 5.10 Å². The topological polar surface area (TPSA) is 92.1 Å². The third-order valence-corrected chi connectivity index (χ3v) is 4.41. The highest BCUT2D eigenvalue weighted by Crippen LogP contribution is 2.22. The van der Waals surface area contributed by atoms with Crippen molar-refractivity contribution in [1.82, 2.24) is 25.4 Å². The number of hydrogen-bond donors (Lipinski definition) is 3. The monoisotopic (exact) mass is 307 g/mol. The molecule has 0 radical (unpaired) electrons. The van der Waals surface area contributed by atoms with E-state index in [1.165, 1.54) is 11.3 Å². The van der Waals surface area contributed by atoms with Crippen LogP contribution >= 0.6 is 11.3 Å². The largest absolute Gasteiger partial charge is 0.391 e. The predicted octanol–water partition coefficient (Wildman–Crippen LogP) is -0.146. The van der Waals surface area contributed by atoms with Crippen LogP contribution in [-0.4, -0.2) is 51.5 Å². The fourth-order valence-corrected chi connectivity index (χ4v) is 3.06. The molecule has 1 aliphatic heterocycles. The summed E-state index contributed by atoms with van der Waals surface area (Å²) in [6, 6.07) is 0. The molecule has 0 bridgehead atoms. The molecular weight excluding hydrogens is 290 g/mol. The van der Waals surface area contributed by atoms with Gasteiger partial charge < -0.3 is 15.7 Å². The maximum Gasteiger partial charge on any atom is 0.270 e. The third kappa shape index (κ3) is 3.12. The Morgan fingerprint density at radius 2 is 2.48 bits per heavy atom. The van der Waals surface area contributed by atoms with Crippen molar-refractivity contribution in [2.45, 2.75) is 6.10 Å². The number of aliphatic hydroxyl groups excluding tert-OH is 1. The molecule has 2 aromatic rings. The molecule has 21 heavy (non-hydrogen) atoms. The summed E-state index contributed by atoms with van der Waals surface area (Å²) in [5.41, 5.74) is 1.30. The molecule has 0 spiro atoms. The van der Waals surface area contributed by atoms with Crippen molar-refractivity contribution in [3.8, 4) is 10.6 Å². The lowest BCUT2D eigenvalue weighted by Crippen LogP contribution is -2.34. The van der Waals surface area contributed by atoms with E-state index in [2.05, 4.69) is 20.7 Å². The second kappa shape index (κ2) is 5.92. The van der Waals surface area contributed by atoms with Crippen molar-refractivity contribution in [2.75, 3.05) is 19.6 Å². The van der Waals surface area contributed by atoms with E-state index in [4.69, 9.17) is 0 Å². The minimum Gasteiger partial charge on any atom is -0.391 e. The average Bonchev–Trinajstić information content (AvgIpc) is 3.16. The van der Waals surface area contributed by atoms with E-state index >= 15 is 0 Å². The molecule has 1 fully saturated rings. The van der Waals surface area contributed by atoms with Crippen LogP contribution in [0.1, 0.15) is 10.5 Å². The molecular formula is C13H17N5O2S. The van der Waals surface area contributed by atoms with Gasteiger partial charge in [0.1, 0.15) is 10.7 Å². The molecule has 8 heteroatoms. The van der Waals surface area contributed by atoms with Crippen LogP contribution in [0.5, 0.6) is 0 Å². The summed E-state index contributed by atoms with van der Waals surface area (Å²) in [5.74, 6) is -0.147. The van der Waals surface area contributed by atoms with E-state index < -0.39 is 6.10 Å². The Morgan fingerprint density at radius 1 is 1.62 bits per heavy atom. The summed E-state index contributed by atoms with van der Waals surface area (Å²) < 4.78 is 1.70. The zero-order chi connectivity index (χ0) is 14.8. The highest BCUT2D eigenvalue weighted by Gasteiger charge is 2.25. The van der Waals surface area contributed by atoms with Gasteiger partial charge >= 0.3 is 0 Å². The molecule has 2 unspecified atom stereocenters. The molecule has 112 valence electrons. The summed E-state index contributed by atoms with van der Waals surface area (Å²) in [4.78, 5) is 16.4. The van der Waals surface area contributed by atoms with E-state index in [9.17, 15) is 9.90 Å². The Balaban J connectivity index is 1.61. The Morgan fingerprint density at radius 3 is 3.14 bits per heavy atom. The van der Waals surface area contributed by atoms with Gasteiger partial charge in [-0.25, -0.2) is 4.98 Å². The average molecular weight is 307 g/mol. The number of β-amino-alcohol motifs (C(OH)–C–C–N with tert-alkyl or cyclic N) is 1. The lowest BCUT2D eigenvalue weighted by atomic mass is 10.1. The van der Waals surface area contributed by atoms with Crippen LogP contribution in [0.3, 0.4) is 0 Å². The number of carbonyl (C=O) groups excluding carboxylic acids is 1. The van der Waals surface area contributed by atoms with E-state index in [-0.39, 0.29) is 11.8 Å². The first-order valence-electron chi connectivity index (χ1n) is 6.75. The van der Waals surface area contributed by atoms with Gasteiger partial charge in [0.25, 0.3) is 5.91 Å². The molecule has 3 N–H and O–H groups in total. The van der Waals surface area contributed by atoms with Crippen LogP contribution < -0.4 is 10.6 Å². The lowest BCUT2D eigenvalue weighted by molar-refractivity contribution is 0.0923. The Hall–Kier alpha value is -1.77. The van der Waals surface area contributed by atoms with Crippen molar-refractivity contribution < 1.29 is 9.90 Å². The third-order valence-electron chi connectivity index (χ3n) is 3.52. The molecule has 2 aromatic heterocycles. The van der Waals surface area contributed by atoms with Crippen molar-refractivity contribution in [3.63, 3.8) is 0 Å². The molecule has 1 saturated heterocycles. The van der Waals surface area contributed by atoms with Gasteiger partial charge in [0.15, 0.2) is 0 Å². The molecule has 0 aliphatic carbocycles. The number of nitrogens with one attached hydrogen (secondary N) is 2. The Bertz CT molecular complexity index is 638. The van der Waals surface area contributed by atoms with E-state index in [1.54, 1.807) is 16.3 Å². The second-order valence-corrected chi connectivity index (χ2v) is 5.99. The number of thiazole rings is 1. The lowest BCUT2D eigenvalue weighted by Gasteiger charge is -2.13. The zero-order valence-corrected chi connectivity index (χ0v) is 12.4. The number of rotatable bonds is 4. The number of nitrogens with zero attached hydrogens (tertiary/aromatic N) is 3. The predicted molar refractivity (Wildman–Crippen MR) is 79.0 cm³/mol. The van der Waals surface area contributed by atoms with Gasteiger partial charge in [-0.15, -0.1) is 11.3 Å². The molecule has 0 aromatic carbocycles. The van der Waals surface area contributed by atoms with Crippen molar-refractivity contribution in [2.24, 2.45) is 13.0 Å².